The van der Waals surface area contributed by atoms with Crippen molar-refractivity contribution in [2.24, 2.45) is 0 Å². The maximum atomic E-state index is 9.03. The van der Waals surface area contributed by atoms with Crippen LogP contribution in [0.2, 0.25) is 0 Å². The maximum Gasteiger partial charge on any atom is 0.230 e. The van der Waals surface area contributed by atoms with Crippen molar-refractivity contribution in [2.45, 2.75) is 40.5 Å². The number of aromatic nitrogens is 4. The molecule has 1 aromatic carbocycles. The highest BCUT2D eigenvalue weighted by molar-refractivity contribution is 5.82. The molecule has 3 rings (SSSR count). The molecule has 0 saturated heterocycles. The summed E-state index contributed by atoms with van der Waals surface area (Å²) in [5, 5.41) is 13.8. The molecule has 0 aliphatic carbocycles. The van der Waals surface area contributed by atoms with Crippen LogP contribution in [0.5, 0.6) is 5.75 Å². The van der Waals surface area contributed by atoms with Crippen LogP contribution in [-0.4, -0.2) is 39.8 Å². The zero-order chi connectivity index (χ0) is 20.3. The van der Waals surface area contributed by atoms with E-state index in [9.17, 15) is 0 Å². The molecule has 0 saturated carbocycles. The lowest BCUT2D eigenvalue weighted by Crippen LogP contribution is -2.29. The predicted octanol–water partition coefficient (Wildman–Crippen LogP) is 3.86. The van der Waals surface area contributed by atoms with Gasteiger partial charge in [-0.15, -0.1) is 0 Å². The van der Waals surface area contributed by atoms with Crippen LogP contribution in [0, 0.1) is 32.1 Å². The van der Waals surface area contributed by atoms with Crippen molar-refractivity contribution in [1.29, 1.82) is 5.26 Å². The minimum atomic E-state index is 0.440. The standard InChI is InChI=1S/C21H26N6O/c1-6-11-26(12-7-10-22)21-24-16(4)23-20-19(15(3)25-27(20)21)18-9-8-17(28-5)13-14(18)2/h8-9,13H,6-7,11-12H2,1-5H3. The quantitative estimate of drug-likeness (QED) is 0.621. The Morgan fingerprint density at radius 1 is 1.18 bits per heavy atom. The van der Waals surface area contributed by atoms with E-state index in [1.165, 1.54) is 0 Å². The normalized spacial score (nSPS) is 10.9. The first-order valence-corrected chi connectivity index (χ1v) is 9.51. The first-order chi connectivity index (χ1) is 13.5. The van der Waals surface area contributed by atoms with Crippen LogP contribution >= 0.6 is 0 Å². The second kappa shape index (κ2) is 8.26. The summed E-state index contributed by atoms with van der Waals surface area (Å²) in [4.78, 5) is 11.5. The van der Waals surface area contributed by atoms with E-state index in [-0.39, 0.29) is 0 Å². The Hall–Kier alpha value is -3.14. The number of nitrogens with zero attached hydrogens (tertiary/aromatic N) is 6. The van der Waals surface area contributed by atoms with E-state index in [2.05, 4.69) is 35.9 Å². The van der Waals surface area contributed by atoms with E-state index in [0.717, 1.165) is 52.7 Å². The van der Waals surface area contributed by atoms with Gasteiger partial charge in [0.1, 0.15) is 11.6 Å². The number of hydrogen-bond donors (Lipinski definition) is 0. The van der Waals surface area contributed by atoms with E-state index in [1.807, 2.05) is 30.5 Å². The van der Waals surface area contributed by atoms with Crippen molar-refractivity contribution in [2.75, 3.05) is 25.1 Å². The fourth-order valence-corrected chi connectivity index (χ4v) is 3.46. The molecular formula is C21H26N6O. The molecule has 0 amide bonds. The van der Waals surface area contributed by atoms with E-state index in [4.69, 9.17) is 20.1 Å². The highest BCUT2D eigenvalue weighted by atomic mass is 16.5. The average Bonchev–Trinajstić information content (AvgIpc) is 3.00. The number of nitriles is 1. The van der Waals surface area contributed by atoms with Crippen LogP contribution in [0.1, 0.15) is 36.8 Å². The van der Waals surface area contributed by atoms with Crippen molar-refractivity contribution in [3.63, 3.8) is 0 Å². The van der Waals surface area contributed by atoms with Crippen molar-refractivity contribution < 1.29 is 4.74 Å². The van der Waals surface area contributed by atoms with Crippen molar-refractivity contribution >= 4 is 11.6 Å². The third-order valence-corrected chi connectivity index (χ3v) is 4.73. The van der Waals surface area contributed by atoms with Crippen LogP contribution in [0.3, 0.4) is 0 Å². The van der Waals surface area contributed by atoms with E-state index in [1.54, 1.807) is 7.11 Å². The molecule has 0 N–H and O–H groups in total. The molecule has 0 atom stereocenters. The number of benzene rings is 1. The zero-order valence-electron chi connectivity index (χ0n) is 17.2. The fourth-order valence-electron chi connectivity index (χ4n) is 3.46. The maximum absolute atomic E-state index is 9.03. The lowest BCUT2D eigenvalue weighted by Gasteiger charge is -2.22. The average molecular weight is 378 g/mol. The van der Waals surface area contributed by atoms with Crippen LogP contribution in [0.15, 0.2) is 18.2 Å². The Bertz CT molecular complexity index is 1030. The summed E-state index contributed by atoms with van der Waals surface area (Å²) in [7, 11) is 1.67. The molecule has 7 nitrogen and oxygen atoms in total. The van der Waals surface area contributed by atoms with E-state index >= 15 is 0 Å². The highest BCUT2D eigenvalue weighted by Crippen LogP contribution is 2.33. The molecule has 0 spiro atoms. The third-order valence-electron chi connectivity index (χ3n) is 4.73. The van der Waals surface area contributed by atoms with Gasteiger partial charge in [-0.05, 0) is 50.5 Å². The van der Waals surface area contributed by atoms with Gasteiger partial charge in [-0.1, -0.05) is 13.0 Å². The third kappa shape index (κ3) is 3.63. The number of fused-ring (bicyclic) bond motifs is 1. The molecule has 28 heavy (non-hydrogen) atoms. The Morgan fingerprint density at radius 3 is 2.61 bits per heavy atom. The van der Waals surface area contributed by atoms with Gasteiger partial charge in [0.15, 0.2) is 5.65 Å². The molecule has 0 radical (unpaired) electrons. The van der Waals surface area contributed by atoms with Gasteiger partial charge in [-0.3, -0.25) is 0 Å². The summed E-state index contributed by atoms with van der Waals surface area (Å²) < 4.78 is 7.15. The van der Waals surface area contributed by atoms with E-state index in [0.29, 0.717) is 18.8 Å². The number of anilines is 1. The monoisotopic (exact) mass is 378 g/mol. The topological polar surface area (TPSA) is 79.3 Å². The minimum absolute atomic E-state index is 0.440. The van der Waals surface area contributed by atoms with Gasteiger partial charge in [0.2, 0.25) is 5.95 Å². The van der Waals surface area contributed by atoms with Gasteiger partial charge >= 0.3 is 0 Å². The molecule has 2 aromatic heterocycles. The minimum Gasteiger partial charge on any atom is -0.497 e. The fraction of sp³-hybridized carbons (Fsp3) is 0.429. The summed E-state index contributed by atoms with van der Waals surface area (Å²) >= 11 is 0. The van der Waals surface area contributed by atoms with Crippen LogP contribution < -0.4 is 9.64 Å². The summed E-state index contributed by atoms with van der Waals surface area (Å²) in [5.74, 6) is 2.25. The smallest absolute Gasteiger partial charge is 0.230 e. The number of aryl methyl sites for hydroxylation is 3. The van der Waals surface area contributed by atoms with Crippen LogP contribution in [0.25, 0.3) is 16.8 Å². The Kier molecular flexibility index (Phi) is 5.78. The number of methoxy groups -OCH3 is 1. The molecule has 0 unspecified atom stereocenters. The van der Waals surface area contributed by atoms with Crippen LogP contribution in [0.4, 0.5) is 5.95 Å². The van der Waals surface area contributed by atoms with Crippen molar-refractivity contribution in [1.82, 2.24) is 19.6 Å². The molecule has 146 valence electrons. The van der Waals surface area contributed by atoms with Crippen molar-refractivity contribution in [3.8, 4) is 22.9 Å². The molecule has 0 aliphatic rings. The Morgan fingerprint density at radius 2 is 1.96 bits per heavy atom. The molecule has 3 aromatic rings. The number of rotatable bonds is 7. The molecular weight excluding hydrogens is 352 g/mol. The summed E-state index contributed by atoms with van der Waals surface area (Å²) in [5.41, 5.74) is 4.86. The first-order valence-electron chi connectivity index (χ1n) is 9.51. The van der Waals surface area contributed by atoms with Gasteiger partial charge in [-0.2, -0.15) is 19.9 Å². The second-order valence-corrected chi connectivity index (χ2v) is 6.84. The van der Waals surface area contributed by atoms with Gasteiger partial charge in [0, 0.05) is 18.7 Å². The molecule has 0 fully saturated rings. The lowest BCUT2D eigenvalue weighted by molar-refractivity contribution is 0.414. The summed E-state index contributed by atoms with van der Waals surface area (Å²) in [6.07, 6.45) is 1.40. The van der Waals surface area contributed by atoms with E-state index < -0.39 is 0 Å². The number of ether oxygens (including phenoxy) is 1. The lowest BCUT2D eigenvalue weighted by atomic mass is 10.0. The predicted molar refractivity (Wildman–Crippen MR) is 110 cm³/mol. The second-order valence-electron chi connectivity index (χ2n) is 6.84. The summed E-state index contributed by atoms with van der Waals surface area (Å²) in [6.45, 7) is 9.49. The molecule has 0 bridgehead atoms. The highest BCUT2D eigenvalue weighted by Gasteiger charge is 2.21. The molecule has 2 heterocycles. The van der Waals surface area contributed by atoms with Gasteiger partial charge in [0.05, 0.1) is 25.3 Å². The SMILES string of the molecule is CCCN(CCC#N)c1nc(C)nc2c(-c3ccc(OC)cc3C)c(C)nn12. The van der Waals surface area contributed by atoms with Crippen molar-refractivity contribution in [3.05, 3.63) is 35.3 Å². The molecule has 7 heteroatoms. The van der Waals surface area contributed by atoms with Gasteiger partial charge in [0.25, 0.3) is 0 Å². The first kappa shape index (κ1) is 19.6. The molecule has 0 aliphatic heterocycles. The van der Waals surface area contributed by atoms with Gasteiger partial charge in [-0.25, -0.2) is 4.98 Å². The largest absolute Gasteiger partial charge is 0.497 e. The zero-order valence-corrected chi connectivity index (χ0v) is 17.2. The van der Waals surface area contributed by atoms with Gasteiger partial charge < -0.3 is 9.64 Å². The Labute approximate surface area is 165 Å². The Balaban J connectivity index is 2.21. The number of hydrogen-bond acceptors (Lipinski definition) is 6. The van der Waals surface area contributed by atoms with Crippen LogP contribution in [-0.2, 0) is 0 Å². The summed E-state index contributed by atoms with van der Waals surface area (Å²) in [6, 6.07) is 8.25.